The van der Waals surface area contributed by atoms with Gasteiger partial charge in [-0.05, 0) is 78.7 Å². The first kappa shape index (κ1) is 35.3. The summed E-state index contributed by atoms with van der Waals surface area (Å²) < 4.78 is 7.72. The van der Waals surface area contributed by atoms with Crippen molar-refractivity contribution in [3.8, 4) is 0 Å². The molecule has 3 aliphatic heterocycles. The highest BCUT2D eigenvalue weighted by Gasteiger charge is 2.66. The van der Waals surface area contributed by atoms with Crippen molar-refractivity contribution < 1.29 is 29.0 Å². The van der Waals surface area contributed by atoms with Crippen molar-refractivity contribution in [3.63, 3.8) is 0 Å². The molecule has 0 aromatic heterocycles. The Morgan fingerprint density at radius 2 is 1.67 bits per heavy atom. The van der Waals surface area contributed by atoms with Gasteiger partial charge in [-0.3, -0.25) is 14.4 Å². The highest BCUT2D eigenvalue weighted by molar-refractivity contribution is 9.10. The van der Waals surface area contributed by atoms with Crippen LogP contribution < -0.4 is 10.2 Å². The normalized spacial score (nSPS) is 24.1. The maximum atomic E-state index is 14.9. The molecule has 1 saturated heterocycles. The first-order valence-electron chi connectivity index (χ1n) is 17.4. The molecule has 0 aliphatic carbocycles. The molecule has 7 rings (SSSR count). The summed E-state index contributed by atoms with van der Waals surface area (Å²) in [5.41, 5.74) is 3.83. The third-order valence-corrected chi connectivity index (χ3v) is 13.8. The van der Waals surface area contributed by atoms with E-state index in [4.69, 9.17) is 4.74 Å². The lowest BCUT2D eigenvalue weighted by Gasteiger charge is -2.37. The molecule has 0 radical (unpaired) electrons. The Balaban J connectivity index is 1.16. The predicted molar refractivity (Wildman–Crippen MR) is 202 cm³/mol. The molecule has 3 N–H and O–H groups in total. The number of anilines is 2. The molecule has 3 amide bonds. The van der Waals surface area contributed by atoms with Crippen molar-refractivity contribution >= 4 is 53.3 Å². The number of carbonyl (C=O) groups excluding carboxylic acids is 3. The molecule has 3 aliphatic rings. The molecule has 51 heavy (non-hydrogen) atoms. The summed E-state index contributed by atoms with van der Waals surface area (Å²) in [6.07, 6.45) is -0.165. The molecule has 0 saturated carbocycles. The highest BCUT2D eigenvalue weighted by atomic mass is 79.9. The zero-order valence-corrected chi connectivity index (χ0v) is 31.5. The average Bonchev–Trinajstić information content (AvgIpc) is 3.54. The molecule has 5 atom stereocenters. The van der Waals surface area contributed by atoms with Crippen molar-refractivity contribution in [1.82, 2.24) is 4.90 Å². The topological polar surface area (TPSA) is 119 Å². The molecule has 264 valence electrons. The Hall–Kier alpha value is -4.13. The van der Waals surface area contributed by atoms with E-state index in [-0.39, 0.29) is 43.3 Å². The van der Waals surface area contributed by atoms with E-state index in [1.54, 1.807) is 21.9 Å². The summed E-state index contributed by atoms with van der Waals surface area (Å²) in [4.78, 5) is 56.9. The van der Waals surface area contributed by atoms with Crippen LogP contribution in [-0.4, -0.2) is 59.6 Å². The summed E-state index contributed by atoms with van der Waals surface area (Å²) in [6.45, 7) is 6.14. The number of hydrogen-bond donors (Lipinski definition) is 3. The van der Waals surface area contributed by atoms with Gasteiger partial charge < -0.3 is 29.8 Å². The number of aliphatic hydroxyl groups is 1. The Bertz CT molecular complexity index is 1970. The van der Waals surface area contributed by atoms with Gasteiger partial charge in [-0.15, -0.1) is 0 Å². The fourth-order valence-electron chi connectivity index (χ4n) is 8.41. The molecule has 1 spiro atoms. The molecular formula is C40H42BrN3O6Si. The molecule has 1 fully saturated rings. The third-order valence-electron chi connectivity index (χ3n) is 10.8. The van der Waals surface area contributed by atoms with Crippen LogP contribution in [0.2, 0.25) is 18.6 Å². The Kier molecular flexibility index (Phi) is 9.53. The second-order valence-electron chi connectivity index (χ2n) is 14.5. The lowest BCUT2D eigenvalue weighted by molar-refractivity contribution is -0.151. The number of halogens is 1. The highest BCUT2D eigenvalue weighted by Crippen LogP contribution is 2.60. The summed E-state index contributed by atoms with van der Waals surface area (Å²) in [7, 11) is -3.01. The Morgan fingerprint density at radius 1 is 0.980 bits per heavy atom. The van der Waals surface area contributed by atoms with E-state index in [1.165, 1.54) is 0 Å². The Labute approximate surface area is 307 Å². The second kappa shape index (κ2) is 13.8. The number of hydrogen-bond acceptors (Lipinski definition) is 6. The van der Waals surface area contributed by atoms with Crippen LogP contribution in [0.4, 0.5) is 11.4 Å². The molecule has 0 bridgehead atoms. The molecule has 4 aromatic rings. The van der Waals surface area contributed by atoms with Crippen molar-refractivity contribution in [2.24, 2.45) is 5.92 Å². The minimum Gasteiger partial charge on any atom is -0.432 e. The van der Waals surface area contributed by atoms with Gasteiger partial charge in [0.1, 0.15) is 0 Å². The number of ether oxygens (including phenoxy) is 1. The van der Waals surface area contributed by atoms with E-state index >= 15 is 0 Å². The molecule has 0 unspecified atom stereocenters. The molecule has 9 nitrogen and oxygen atoms in total. The average molecular weight is 769 g/mol. The number of fused-ring (bicyclic) bond motifs is 3. The maximum Gasteiger partial charge on any atom is 0.264 e. The second-order valence-corrected chi connectivity index (χ2v) is 19.4. The van der Waals surface area contributed by atoms with Crippen molar-refractivity contribution in [1.29, 1.82) is 0 Å². The predicted octanol–water partition coefficient (Wildman–Crippen LogP) is 6.38. The SMILES string of the molecule is C[C@@H]1[C@@H]([Si](C)(C)O)[C@H](CC(=O)N2Cc3ccccc3C[C@H]2CO)O[C@@]12C(=O)N(Cc1ccc(NC(=O)c3ccccc3)cc1)c1ccc(Br)cc12. The van der Waals surface area contributed by atoms with E-state index in [0.717, 1.165) is 21.2 Å². The van der Waals surface area contributed by atoms with E-state index in [9.17, 15) is 24.3 Å². The number of benzene rings is 4. The van der Waals surface area contributed by atoms with Crippen LogP contribution in [0.25, 0.3) is 0 Å². The number of rotatable bonds is 8. The zero-order valence-electron chi connectivity index (χ0n) is 28.9. The van der Waals surface area contributed by atoms with Crippen LogP contribution in [0.15, 0.2) is 102 Å². The van der Waals surface area contributed by atoms with Gasteiger partial charge in [0.25, 0.3) is 11.8 Å². The fraction of sp³-hybridized carbons (Fsp3) is 0.325. The number of nitrogens with zero attached hydrogens (tertiary/aromatic N) is 2. The van der Waals surface area contributed by atoms with E-state index in [0.29, 0.717) is 35.5 Å². The minimum absolute atomic E-state index is 0.0147. The smallest absolute Gasteiger partial charge is 0.264 e. The quantitative estimate of drug-likeness (QED) is 0.179. The lowest BCUT2D eigenvalue weighted by Crippen LogP contribution is -2.48. The maximum absolute atomic E-state index is 14.9. The van der Waals surface area contributed by atoms with Gasteiger partial charge in [0.05, 0.1) is 37.4 Å². The summed E-state index contributed by atoms with van der Waals surface area (Å²) in [5, 5.41) is 13.2. The standard InChI is InChI=1S/C40H42BrN3O6Si/c1-25-37(51(2,3)49)35(21-36(46)43-23-29-12-8-7-11-28(29)19-32(43)24-45)50-40(25)33-20-30(41)15-18-34(33)44(39(40)48)22-26-13-16-31(17-14-26)42-38(47)27-9-5-4-6-10-27/h4-18,20,25,32,35,37,45,49H,19,21-24H2,1-3H3,(H,42,47)/t25-,32+,35+,37-,40+/m1/s1. The molecule has 4 aromatic carbocycles. The monoisotopic (exact) mass is 767 g/mol. The molecule has 11 heteroatoms. The Morgan fingerprint density at radius 3 is 2.35 bits per heavy atom. The van der Waals surface area contributed by atoms with Crippen molar-refractivity contribution in [2.75, 3.05) is 16.8 Å². The number of carbonyl (C=O) groups is 3. The van der Waals surface area contributed by atoms with E-state index in [1.807, 2.05) is 105 Å². The van der Waals surface area contributed by atoms with Crippen LogP contribution in [-0.2, 0) is 39.4 Å². The minimum atomic E-state index is -3.01. The first-order chi connectivity index (χ1) is 24.4. The van der Waals surface area contributed by atoms with Crippen molar-refractivity contribution in [2.45, 2.75) is 69.2 Å². The lowest BCUT2D eigenvalue weighted by atomic mass is 9.82. The van der Waals surface area contributed by atoms with Crippen LogP contribution in [0.1, 0.15) is 46.0 Å². The molecule has 3 heterocycles. The summed E-state index contributed by atoms with van der Waals surface area (Å²) in [6, 6.07) is 29.7. The fourth-order valence-corrected chi connectivity index (χ4v) is 11.3. The summed E-state index contributed by atoms with van der Waals surface area (Å²) in [5.74, 6) is -1.04. The largest absolute Gasteiger partial charge is 0.432 e. The first-order valence-corrected chi connectivity index (χ1v) is 21.2. The summed E-state index contributed by atoms with van der Waals surface area (Å²) >= 11 is 3.61. The van der Waals surface area contributed by atoms with Crippen LogP contribution in [0, 0.1) is 5.92 Å². The van der Waals surface area contributed by atoms with E-state index < -0.39 is 31.5 Å². The zero-order chi connectivity index (χ0) is 36.1. The number of aliphatic hydroxyl groups excluding tert-OH is 1. The van der Waals surface area contributed by atoms with E-state index in [2.05, 4.69) is 21.2 Å². The van der Waals surface area contributed by atoms with Gasteiger partial charge in [0.15, 0.2) is 13.9 Å². The van der Waals surface area contributed by atoms with Gasteiger partial charge in [-0.1, -0.05) is 77.5 Å². The van der Waals surface area contributed by atoms with Crippen LogP contribution in [0.3, 0.4) is 0 Å². The van der Waals surface area contributed by atoms with Gasteiger partial charge >= 0.3 is 0 Å². The van der Waals surface area contributed by atoms with Gasteiger partial charge in [-0.25, -0.2) is 0 Å². The third kappa shape index (κ3) is 6.46. The molecular weight excluding hydrogens is 726 g/mol. The van der Waals surface area contributed by atoms with Gasteiger partial charge in [-0.2, -0.15) is 0 Å². The van der Waals surface area contributed by atoms with Gasteiger partial charge in [0.2, 0.25) is 5.91 Å². The van der Waals surface area contributed by atoms with Crippen LogP contribution in [0.5, 0.6) is 0 Å². The van der Waals surface area contributed by atoms with Crippen LogP contribution >= 0.6 is 15.9 Å². The number of amides is 3. The van der Waals surface area contributed by atoms with Crippen molar-refractivity contribution in [3.05, 3.63) is 129 Å². The van der Waals surface area contributed by atoms with Gasteiger partial charge in [0, 0.05) is 39.3 Å². The number of nitrogens with one attached hydrogen (secondary N) is 1.